The van der Waals surface area contributed by atoms with Gasteiger partial charge in [0.2, 0.25) is 5.91 Å². The third-order valence-electron chi connectivity index (χ3n) is 3.89. The summed E-state index contributed by atoms with van der Waals surface area (Å²) in [6, 6.07) is 5.31. The standard InChI is InChI=1S/C17H26N2O4/c1-19(11-14-6-4-5-9-23-14)12-17(20)18-15-8-7-13(21-2)10-16(15)22-3/h7-8,10,14H,4-6,9,11-12H2,1-3H3,(H,18,20). The van der Waals surface area contributed by atoms with Crippen molar-refractivity contribution < 1.29 is 19.0 Å². The van der Waals surface area contributed by atoms with Crippen molar-refractivity contribution in [1.29, 1.82) is 0 Å². The number of anilines is 1. The molecular formula is C17H26N2O4. The van der Waals surface area contributed by atoms with Crippen LogP contribution in [-0.2, 0) is 9.53 Å². The minimum Gasteiger partial charge on any atom is -0.497 e. The molecule has 6 nitrogen and oxygen atoms in total. The maximum atomic E-state index is 12.2. The molecule has 1 amide bonds. The molecule has 0 saturated carbocycles. The molecule has 0 spiro atoms. The van der Waals surface area contributed by atoms with Crippen molar-refractivity contribution in [1.82, 2.24) is 4.90 Å². The predicted molar refractivity (Wildman–Crippen MR) is 89.3 cm³/mol. The van der Waals surface area contributed by atoms with Crippen LogP contribution in [0.1, 0.15) is 19.3 Å². The molecule has 0 aromatic heterocycles. The highest BCUT2D eigenvalue weighted by Crippen LogP contribution is 2.28. The van der Waals surface area contributed by atoms with E-state index in [1.165, 1.54) is 6.42 Å². The quantitative estimate of drug-likeness (QED) is 0.833. The van der Waals surface area contributed by atoms with E-state index in [9.17, 15) is 4.79 Å². The fourth-order valence-corrected chi connectivity index (χ4v) is 2.70. The summed E-state index contributed by atoms with van der Waals surface area (Å²) in [5, 5.41) is 2.88. The Balaban J connectivity index is 1.86. The Morgan fingerprint density at radius 1 is 1.35 bits per heavy atom. The van der Waals surface area contributed by atoms with Gasteiger partial charge in [0.05, 0.1) is 32.6 Å². The molecule has 23 heavy (non-hydrogen) atoms. The topological polar surface area (TPSA) is 60.0 Å². The normalized spacial score (nSPS) is 17.8. The number of nitrogens with one attached hydrogen (secondary N) is 1. The number of hydrogen-bond donors (Lipinski definition) is 1. The SMILES string of the molecule is COc1ccc(NC(=O)CN(C)CC2CCCCO2)c(OC)c1. The molecule has 1 aromatic rings. The van der Waals surface area contributed by atoms with Gasteiger partial charge in [0.25, 0.3) is 0 Å². The fraction of sp³-hybridized carbons (Fsp3) is 0.588. The Kier molecular flexibility index (Phi) is 6.67. The second-order valence-electron chi connectivity index (χ2n) is 5.80. The first-order valence-electron chi connectivity index (χ1n) is 7.94. The van der Waals surface area contributed by atoms with E-state index >= 15 is 0 Å². The molecular weight excluding hydrogens is 296 g/mol. The summed E-state index contributed by atoms with van der Waals surface area (Å²) in [6.07, 6.45) is 3.64. The first-order valence-corrected chi connectivity index (χ1v) is 7.94. The van der Waals surface area contributed by atoms with Gasteiger partial charge in [-0.05, 0) is 38.4 Å². The number of nitrogens with zero attached hydrogens (tertiary/aromatic N) is 1. The molecule has 1 atom stereocenters. The van der Waals surface area contributed by atoms with Crippen LogP contribution in [-0.4, -0.2) is 57.9 Å². The van der Waals surface area contributed by atoms with Gasteiger partial charge in [-0.15, -0.1) is 0 Å². The molecule has 1 aliphatic rings. The van der Waals surface area contributed by atoms with Crippen LogP contribution in [0.5, 0.6) is 11.5 Å². The van der Waals surface area contributed by atoms with Crippen molar-refractivity contribution in [2.24, 2.45) is 0 Å². The number of carbonyl (C=O) groups excluding carboxylic acids is 1. The molecule has 0 aliphatic carbocycles. The van der Waals surface area contributed by atoms with Gasteiger partial charge in [0, 0.05) is 19.2 Å². The first-order chi connectivity index (χ1) is 11.1. The van der Waals surface area contributed by atoms with Crippen molar-refractivity contribution in [2.45, 2.75) is 25.4 Å². The fourth-order valence-electron chi connectivity index (χ4n) is 2.70. The minimum atomic E-state index is -0.0771. The minimum absolute atomic E-state index is 0.0771. The number of ether oxygens (including phenoxy) is 3. The van der Waals surface area contributed by atoms with Crippen LogP contribution in [0, 0.1) is 0 Å². The molecule has 1 saturated heterocycles. The Hall–Kier alpha value is -1.79. The molecule has 128 valence electrons. The average molecular weight is 322 g/mol. The highest BCUT2D eigenvalue weighted by molar-refractivity contribution is 5.93. The number of rotatable bonds is 7. The number of benzene rings is 1. The summed E-state index contributed by atoms with van der Waals surface area (Å²) in [7, 11) is 5.09. The zero-order valence-corrected chi connectivity index (χ0v) is 14.1. The van der Waals surface area contributed by atoms with Gasteiger partial charge in [-0.2, -0.15) is 0 Å². The van der Waals surface area contributed by atoms with Crippen molar-refractivity contribution in [3.63, 3.8) is 0 Å². The second-order valence-corrected chi connectivity index (χ2v) is 5.80. The van der Waals surface area contributed by atoms with Crippen LogP contribution in [0.25, 0.3) is 0 Å². The smallest absolute Gasteiger partial charge is 0.238 e. The van der Waals surface area contributed by atoms with Crippen LogP contribution in [0.15, 0.2) is 18.2 Å². The third-order valence-corrected chi connectivity index (χ3v) is 3.89. The maximum Gasteiger partial charge on any atom is 0.238 e. The molecule has 1 heterocycles. The highest BCUT2D eigenvalue weighted by Gasteiger charge is 2.17. The molecule has 0 bridgehead atoms. The Bertz CT molecular complexity index is 515. The van der Waals surface area contributed by atoms with E-state index < -0.39 is 0 Å². The summed E-state index contributed by atoms with van der Waals surface area (Å²) in [6.45, 7) is 1.91. The van der Waals surface area contributed by atoms with E-state index in [4.69, 9.17) is 14.2 Å². The lowest BCUT2D eigenvalue weighted by Crippen LogP contribution is -2.37. The zero-order chi connectivity index (χ0) is 16.7. The maximum absolute atomic E-state index is 12.2. The van der Waals surface area contributed by atoms with Gasteiger partial charge in [0.15, 0.2) is 0 Å². The van der Waals surface area contributed by atoms with Crippen LogP contribution in [0.2, 0.25) is 0 Å². The van der Waals surface area contributed by atoms with Crippen LogP contribution >= 0.6 is 0 Å². The van der Waals surface area contributed by atoms with E-state index in [0.29, 0.717) is 23.7 Å². The Morgan fingerprint density at radius 2 is 2.17 bits per heavy atom. The number of likely N-dealkylation sites (N-methyl/N-ethyl adjacent to an activating group) is 1. The molecule has 1 aromatic carbocycles. The van der Waals surface area contributed by atoms with Crippen molar-refractivity contribution in [2.75, 3.05) is 46.3 Å². The predicted octanol–water partition coefficient (Wildman–Crippen LogP) is 2.14. The molecule has 1 aliphatic heterocycles. The Morgan fingerprint density at radius 3 is 2.83 bits per heavy atom. The van der Waals surface area contributed by atoms with E-state index in [0.717, 1.165) is 26.0 Å². The van der Waals surface area contributed by atoms with Gasteiger partial charge in [-0.3, -0.25) is 9.69 Å². The lowest BCUT2D eigenvalue weighted by Gasteiger charge is -2.27. The van der Waals surface area contributed by atoms with E-state index in [1.807, 2.05) is 11.9 Å². The first kappa shape index (κ1) is 17.6. The van der Waals surface area contributed by atoms with Crippen molar-refractivity contribution >= 4 is 11.6 Å². The monoisotopic (exact) mass is 322 g/mol. The largest absolute Gasteiger partial charge is 0.497 e. The number of hydrogen-bond acceptors (Lipinski definition) is 5. The molecule has 1 unspecified atom stereocenters. The lowest BCUT2D eigenvalue weighted by molar-refractivity contribution is -0.117. The number of carbonyl (C=O) groups is 1. The second kappa shape index (κ2) is 8.74. The number of amides is 1. The van der Waals surface area contributed by atoms with E-state index in [2.05, 4.69) is 5.32 Å². The third kappa shape index (κ3) is 5.41. The van der Waals surface area contributed by atoms with Crippen LogP contribution in [0.3, 0.4) is 0 Å². The van der Waals surface area contributed by atoms with Gasteiger partial charge >= 0.3 is 0 Å². The molecule has 0 radical (unpaired) electrons. The van der Waals surface area contributed by atoms with Crippen LogP contribution < -0.4 is 14.8 Å². The molecule has 1 N–H and O–H groups in total. The average Bonchev–Trinajstić information content (AvgIpc) is 2.55. The van der Waals surface area contributed by atoms with E-state index in [1.54, 1.807) is 32.4 Å². The Labute approximate surface area is 137 Å². The lowest BCUT2D eigenvalue weighted by atomic mass is 10.1. The summed E-state index contributed by atoms with van der Waals surface area (Å²) in [4.78, 5) is 14.2. The summed E-state index contributed by atoms with van der Waals surface area (Å²) in [5.41, 5.74) is 0.639. The van der Waals surface area contributed by atoms with Gasteiger partial charge in [-0.25, -0.2) is 0 Å². The number of methoxy groups -OCH3 is 2. The van der Waals surface area contributed by atoms with Gasteiger partial charge in [-0.1, -0.05) is 0 Å². The molecule has 6 heteroatoms. The van der Waals surface area contributed by atoms with E-state index in [-0.39, 0.29) is 12.0 Å². The molecule has 1 fully saturated rings. The highest BCUT2D eigenvalue weighted by atomic mass is 16.5. The summed E-state index contributed by atoms with van der Waals surface area (Å²) < 4.78 is 16.1. The summed E-state index contributed by atoms with van der Waals surface area (Å²) >= 11 is 0. The van der Waals surface area contributed by atoms with Gasteiger partial charge < -0.3 is 19.5 Å². The van der Waals surface area contributed by atoms with Crippen molar-refractivity contribution in [3.8, 4) is 11.5 Å². The molecule has 2 rings (SSSR count). The van der Waals surface area contributed by atoms with Gasteiger partial charge in [0.1, 0.15) is 11.5 Å². The zero-order valence-electron chi connectivity index (χ0n) is 14.1. The summed E-state index contributed by atoms with van der Waals surface area (Å²) in [5.74, 6) is 1.19. The van der Waals surface area contributed by atoms with Crippen LogP contribution in [0.4, 0.5) is 5.69 Å². The van der Waals surface area contributed by atoms with Crippen molar-refractivity contribution in [3.05, 3.63) is 18.2 Å².